The average molecular weight is 520 g/mol. The van der Waals surface area contributed by atoms with Gasteiger partial charge in [-0.05, 0) is 45.7 Å². The molecule has 0 aliphatic heterocycles. The molecule has 13 heteroatoms. The van der Waals surface area contributed by atoms with Crippen LogP contribution in [0.3, 0.4) is 0 Å². The fraction of sp³-hybridized carbons (Fsp3) is 0.435. The molecule has 0 saturated heterocycles. The summed E-state index contributed by atoms with van der Waals surface area (Å²) in [6.45, 7) is 5.06. The van der Waals surface area contributed by atoms with E-state index in [4.69, 9.17) is 10.5 Å². The van der Waals surface area contributed by atoms with E-state index < -0.39 is 35.6 Å². The second-order valence-corrected chi connectivity index (χ2v) is 10.3. The molecular weight excluding hydrogens is 492 g/mol. The molecule has 3 heterocycles. The van der Waals surface area contributed by atoms with Crippen LogP contribution in [-0.4, -0.2) is 50.6 Å². The fourth-order valence-corrected chi connectivity index (χ4v) is 4.80. The number of nitrogens with two attached hydrogens (primary N) is 1. The van der Waals surface area contributed by atoms with E-state index in [0.717, 1.165) is 10.2 Å². The lowest BCUT2D eigenvalue weighted by Crippen LogP contribution is -2.58. The largest absolute Gasteiger partial charge is 0.444 e. The fourth-order valence-electron chi connectivity index (χ4n) is 3.95. The number of alkyl carbamates (subject to hydrolysis) is 1. The van der Waals surface area contributed by atoms with Crippen molar-refractivity contribution < 1.29 is 23.1 Å². The molecule has 1 saturated carbocycles. The van der Waals surface area contributed by atoms with Gasteiger partial charge in [-0.1, -0.05) is 0 Å². The highest BCUT2D eigenvalue weighted by atomic mass is 32.1. The van der Waals surface area contributed by atoms with E-state index in [2.05, 4.69) is 30.9 Å². The minimum Gasteiger partial charge on any atom is -0.444 e. The summed E-state index contributed by atoms with van der Waals surface area (Å²) < 4.78 is 35.2. The normalized spacial score (nSPS) is 19.5. The summed E-state index contributed by atoms with van der Waals surface area (Å²) >= 11 is 1.39. The number of halogens is 2. The van der Waals surface area contributed by atoms with E-state index >= 15 is 0 Å². The minimum absolute atomic E-state index is 0.0115. The van der Waals surface area contributed by atoms with E-state index in [0.29, 0.717) is 12.1 Å². The quantitative estimate of drug-likeness (QED) is 0.375. The number of aromatic nitrogens is 3. The van der Waals surface area contributed by atoms with Gasteiger partial charge in [0, 0.05) is 29.6 Å². The van der Waals surface area contributed by atoms with Crippen LogP contribution in [0.2, 0.25) is 0 Å². The van der Waals surface area contributed by atoms with Crippen molar-refractivity contribution in [3.05, 3.63) is 35.5 Å². The molecule has 1 fully saturated rings. The van der Waals surface area contributed by atoms with E-state index in [9.17, 15) is 18.4 Å². The van der Waals surface area contributed by atoms with Crippen molar-refractivity contribution in [1.29, 1.82) is 0 Å². The summed E-state index contributed by atoms with van der Waals surface area (Å²) in [4.78, 5) is 37.7. The first-order valence-electron chi connectivity index (χ1n) is 11.3. The zero-order chi connectivity index (χ0) is 26.1. The van der Waals surface area contributed by atoms with Crippen molar-refractivity contribution in [1.82, 2.24) is 20.3 Å². The number of carbonyl (C=O) groups excluding carboxylic acids is 2. The molecule has 1 aliphatic carbocycles. The molecule has 2 amide bonds. The highest BCUT2D eigenvalue weighted by Gasteiger charge is 2.48. The van der Waals surface area contributed by atoms with Gasteiger partial charge in [0.15, 0.2) is 0 Å². The Bertz CT molecular complexity index is 1280. The van der Waals surface area contributed by atoms with E-state index in [1.807, 2.05) is 6.07 Å². The van der Waals surface area contributed by atoms with Gasteiger partial charge in [0.25, 0.3) is 11.8 Å². The Morgan fingerprint density at radius 2 is 2.06 bits per heavy atom. The first-order chi connectivity index (χ1) is 16.9. The van der Waals surface area contributed by atoms with Crippen LogP contribution in [0.1, 0.15) is 50.4 Å². The van der Waals surface area contributed by atoms with Gasteiger partial charge in [0.05, 0.1) is 11.7 Å². The molecule has 192 valence electrons. The maximum absolute atomic E-state index is 15.0. The van der Waals surface area contributed by atoms with Gasteiger partial charge in [0.1, 0.15) is 27.9 Å². The average Bonchev–Trinajstić information content (AvgIpc) is 3.17. The molecule has 0 radical (unpaired) electrons. The molecule has 1 aliphatic rings. The van der Waals surface area contributed by atoms with Crippen molar-refractivity contribution in [2.75, 3.05) is 10.6 Å². The Kier molecular flexibility index (Phi) is 6.94. The third-order valence-corrected chi connectivity index (χ3v) is 6.43. The SMILES string of the molecule is CC(C)(C)OC(=O)N[C@H]1CCCC(F)(F)[C@H]1Nc1ncc(C(N)=O)c(Nc2csc3ncccc23)n1. The highest BCUT2D eigenvalue weighted by Crippen LogP contribution is 2.36. The maximum Gasteiger partial charge on any atom is 0.407 e. The number of nitrogens with one attached hydrogen (secondary N) is 3. The van der Waals surface area contributed by atoms with Gasteiger partial charge in [-0.3, -0.25) is 4.79 Å². The second-order valence-electron chi connectivity index (χ2n) is 9.48. The van der Waals surface area contributed by atoms with Gasteiger partial charge >= 0.3 is 6.09 Å². The number of nitrogens with zero attached hydrogens (tertiary/aromatic N) is 3. The lowest BCUT2D eigenvalue weighted by molar-refractivity contribution is -0.0564. The standard InChI is InChI=1S/C23H27F2N7O3S/c1-22(2,3)35-21(34)30-14-7-4-8-23(24,25)16(14)31-20-28-10-13(17(26)33)18(32-20)29-15-11-36-19-12(15)6-5-9-27-19/h5-6,9-11,14,16H,4,7-8H2,1-3H3,(H2,26,33)(H,30,34)(H2,28,29,31,32)/t14-,16-/m0/s1. The van der Waals surface area contributed by atoms with Crippen LogP contribution in [0.25, 0.3) is 10.2 Å². The van der Waals surface area contributed by atoms with E-state index in [1.54, 1.807) is 38.4 Å². The molecule has 10 nitrogen and oxygen atoms in total. The number of primary amides is 1. The predicted octanol–water partition coefficient (Wildman–Crippen LogP) is 4.42. The second kappa shape index (κ2) is 9.80. The van der Waals surface area contributed by atoms with Crippen LogP contribution >= 0.6 is 11.3 Å². The Balaban J connectivity index is 1.61. The van der Waals surface area contributed by atoms with Gasteiger partial charge in [-0.25, -0.2) is 23.5 Å². The summed E-state index contributed by atoms with van der Waals surface area (Å²) in [7, 11) is 0. The van der Waals surface area contributed by atoms with Crippen molar-refractivity contribution in [2.24, 2.45) is 5.73 Å². The smallest absolute Gasteiger partial charge is 0.407 e. The Hall–Kier alpha value is -3.61. The molecule has 5 N–H and O–H groups in total. The van der Waals surface area contributed by atoms with Gasteiger partial charge in [-0.2, -0.15) is 4.98 Å². The molecule has 3 aromatic rings. The number of amides is 2. The minimum atomic E-state index is -3.16. The van der Waals surface area contributed by atoms with Crippen LogP contribution in [0.5, 0.6) is 0 Å². The van der Waals surface area contributed by atoms with Crippen LogP contribution in [0, 0.1) is 0 Å². The molecule has 0 bridgehead atoms. The molecule has 4 rings (SSSR count). The molecule has 3 aromatic heterocycles. The summed E-state index contributed by atoms with van der Waals surface area (Å²) in [5.74, 6) is -4.04. The molecule has 0 aromatic carbocycles. The number of thiophene rings is 1. The third kappa shape index (κ3) is 5.78. The number of carbonyl (C=O) groups is 2. The van der Waals surface area contributed by atoms with E-state index in [-0.39, 0.29) is 30.2 Å². The van der Waals surface area contributed by atoms with E-state index in [1.165, 1.54) is 17.5 Å². The maximum atomic E-state index is 15.0. The van der Waals surface area contributed by atoms with Gasteiger partial charge in [0.2, 0.25) is 5.95 Å². The van der Waals surface area contributed by atoms with Crippen molar-refractivity contribution in [3.63, 3.8) is 0 Å². The first kappa shape index (κ1) is 25.5. The third-order valence-electron chi connectivity index (χ3n) is 5.53. The van der Waals surface area contributed by atoms with Gasteiger partial charge in [-0.15, -0.1) is 11.3 Å². The number of pyridine rings is 1. The highest BCUT2D eigenvalue weighted by molar-refractivity contribution is 7.17. The molecule has 0 spiro atoms. The number of alkyl halides is 2. The summed E-state index contributed by atoms with van der Waals surface area (Å²) in [5, 5.41) is 10.9. The number of rotatable bonds is 6. The zero-order valence-corrected chi connectivity index (χ0v) is 20.8. The predicted molar refractivity (Wildman–Crippen MR) is 133 cm³/mol. The Morgan fingerprint density at radius 1 is 1.28 bits per heavy atom. The summed E-state index contributed by atoms with van der Waals surface area (Å²) in [6, 6.07) is 1.18. The zero-order valence-electron chi connectivity index (χ0n) is 20.0. The van der Waals surface area contributed by atoms with Crippen molar-refractivity contribution >= 4 is 51.0 Å². The van der Waals surface area contributed by atoms with Crippen LogP contribution in [-0.2, 0) is 4.74 Å². The number of hydrogen-bond acceptors (Lipinski definition) is 9. The number of ether oxygens (including phenoxy) is 1. The Labute approximate surface area is 210 Å². The molecule has 36 heavy (non-hydrogen) atoms. The lowest BCUT2D eigenvalue weighted by atomic mass is 9.87. The molecule has 2 atom stereocenters. The van der Waals surface area contributed by atoms with Gasteiger partial charge < -0.3 is 26.4 Å². The molecular formula is C23H27F2N7O3S. The monoisotopic (exact) mass is 519 g/mol. The lowest BCUT2D eigenvalue weighted by Gasteiger charge is -2.38. The number of anilines is 3. The van der Waals surface area contributed by atoms with Crippen LogP contribution < -0.4 is 21.7 Å². The Morgan fingerprint density at radius 3 is 2.78 bits per heavy atom. The summed E-state index contributed by atoms with van der Waals surface area (Å²) in [5.41, 5.74) is 5.33. The first-order valence-corrected chi connectivity index (χ1v) is 12.2. The molecule has 0 unspecified atom stereocenters. The van der Waals surface area contributed by atoms with Crippen molar-refractivity contribution in [2.45, 2.75) is 63.6 Å². The summed E-state index contributed by atoms with van der Waals surface area (Å²) in [6.07, 6.45) is 2.21. The van der Waals surface area contributed by atoms with Crippen LogP contribution in [0.4, 0.5) is 31.0 Å². The van der Waals surface area contributed by atoms with Crippen LogP contribution in [0.15, 0.2) is 29.9 Å². The number of fused-ring (bicyclic) bond motifs is 1. The topological polar surface area (TPSA) is 144 Å². The van der Waals surface area contributed by atoms with Crippen molar-refractivity contribution in [3.8, 4) is 0 Å². The number of hydrogen-bond donors (Lipinski definition) is 4.